The molecule has 5 rings (SSSR count). The maximum absolute atomic E-state index is 5.16. The molecular formula is C18H27N7O. The van der Waals surface area contributed by atoms with Crippen molar-refractivity contribution in [2.45, 2.75) is 76.1 Å². The molecule has 1 aliphatic heterocycles. The van der Waals surface area contributed by atoms with E-state index in [-0.39, 0.29) is 6.04 Å². The van der Waals surface area contributed by atoms with Crippen molar-refractivity contribution in [1.82, 2.24) is 34.8 Å². The minimum Gasteiger partial charge on any atom is -0.377 e. The summed E-state index contributed by atoms with van der Waals surface area (Å²) in [5, 5.41) is 16.6. The zero-order valence-corrected chi connectivity index (χ0v) is 15.4. The van der Waals surface area contributed by atoms with Gasteiger partial charge in [-0.25, -0.2) is 4.98 Å². The molecule has 0 radical (unpaired) electrons. The molecule has 0 aromatic carbocycles. The van der Waals surface area contributed by atoms with Crippen molar-refractivity contribution in [2.75, 3.05) is 13.7 Å². The zero-order chi connectivity index (χ0) is 17.5. The molecule has 1 saturated heterocycles. The number of hydrogen-bond donors (Lipinski definition) is 1. The number of methoxy groups -OCH3 is 1. The summed E-state index contributed by atoms with van der Waals surface area (Å²) >= 11 is 0. The predicted molar refractivity (Wildman–Crippen MR) is 94.4 cm³/mol. The van der Waals surface area contributed by atoms with E-state index in [1.165, 1.54) is 44.3 Å². The van der Waals surface area contributed by atoms with Crippen LogP contribution >= 0.6 is 0 Å². The van der Waals surface area contributed by atoms with Gasteiger partial charge in [-0.05, 0) is 45.1 Å². The van der Waals surface area contributed by atoms with Gasteiger partial charge in [-0.3, -0.25) is 10.00 Å². The lowest BCUT2D eigenvalue weighted by atomic mass is 10.0. The highest BCUT2D eigenvalue weighted by atomic mass is 16.5. The third-order valence-corrected chi connectivity index (χ3v) is 5.73. The van der Waals surface area contributed by atoms with Crippen LogP contribution in [0.3, 0.4) is 0 Å². The summed E-state index contributed by atoms with van der Waals surface area (Å²) in [6.45, 7) is 2.38. The van der Waals surface area contributed by atoms with Crippen molar-refractivity contribution >= 4 is 0 Å². The molecule has 0 spiro atoms. The lowest BCUT2D eigenvalue weighted by Crippen LogP contribution is -2.34. The number of nitrogens with one attached hydrogen (secondary N) is 1. The highest BCUT2D eigenvalue weighted by molar-refractivity contribution is 5.12. The van der Waals surface area contributed by atoms with E-state index in [1.807, 2.05) is 0 Å². The van der Waals surface area contributed by atoms with Gasteiger partial charge < -0.3 is 9.30 Å². The molecule has 2 aromatic rings. The van der Waals surface area contributed by atoms with Crippen LogP contribution in [-0.4, -0.2) is 48.5 Å². The molecule has 2 aromatic heterocycles. The number of likely N-dealkylation sites (tertiary alicyclic amines) is 1. The Morgan fingerprint density at radius 1 is 1.12 bits per heavy atom. The van der Waals surface area contributed by atoms with Crippen molar-refractivity contribution < 1.29 is 4.74 Å². The summed E-state index contributed by atoms with van der Waals surface area (Å²) in [4.78, 5) is 7.14. The standard InChI is InChI=1S/C18H27N7O/c1-26-11-15-19-17(22-20-15)14-4-2-3-9-24(14)10-16-21-23-18(12-5-6-12)25(16)13-7-8-13/h12-14H,2-11H2,1H3,(H,19,20,22)/t14-/m1/s1. The van der Waals surface area contributed by atoms with Crippen LogP contribution < -0.4 is 0 Å². The Hall–Kier alpha value is -1.80. The maximum atomic E-state index is 5.16. The Morgan fingerprint density at radius 2 is 2.00 bits per heavy atom. The molecule has 1 atom stereocenters. The molecule has 2 saturated carbocycles. The van der Waals surface area contributed by atoms with Crippen LogP contribution in [0.2, 0.25) is 0 Å². The molecule has 8 nitrogen and oxygen atoms in total. The first-order valence-electron chi connectivity index (χ1n) is 9.91. The second-order valence-corrected chi connectivity index (χ2v) is 7.91. The summed E-state index contributed by atoms with van der Waals surface area (Å²) in [6, 6.07) is 0.884. The summed E-state index contributed by atoms with van der Waals surface area (Å²) in [5.41, 5.74) is 0. The van der Waals surface area contributed by atoms with Crippen LogP contribution in [0.15, 0.2) is 0 Å². The van der Waals surface area contributed by atoms with E-state index in [9.17, 15) is 0 Å². The molecular weight excluding hydrogens is 330 g/mol. The van der Waals surface area contributed by atoms with E-state index < -0.39 is 0 Å². The van der Waals surface area contributed by atoms with Gasteiger partial charge in [-0.2, -0.15) is 5.10 Å². The Kier molecular flexibility index (Phi) is 4.24. The van der Waals surface area contributed by atoms with Crippen LogP contribution in [0.25, 0.3) is 0 Å². The summed E-state index contributed by atoms with van der Waals surface area (Å²) in [5.74, 6) is 4.70. The average molecular weight is 357 g/mol. The highest BCUT2D eigenvalue weighted by Gasteiger charge is 2.37. The Labute approximate surface area is 153 Å². The third kappa shape index (κ3) is 3.16. The Morgan fingerprint density at radius 3 is 2.77 bits per heavy atom. The molecule has 3 heterocycles. The fraction of sp³-hybridized carbons (Fsp3) is 0.778. The third-order valence-electron chi connectivity index (χ3n) is 5.73. The van der Waals surface area contributed by atoms with Crippen molar-refractivity contribution in [1.29, 1.82) is 0 Å². The van der Waals surface area contributed by atoms with Crippen molar-refractivity contribution in [3.05, 3.63) is 23.3 Å². The molecule has 3 fully saturated rings. The van der Waals surface area contributed by atoms with E-state index in [0.29, 0.717) is 18.6 Å². The number of nitrogens with zero attached hydrogens (tertiary/aromatic N) is 6. The van der Waals surface area contributed by atoms with Crippen LogP contribution in [0.4, 0.5) is 0 Å². The van der Waals surface area contributed by atoms with Crippen LogP contribution in [0.5, 0.6) is 0 Å². The van der Waals surface area contributed by atoms with E-state index in [1.54, 1.807) is 7.11 Å². The van der Waals surface area contributed by atoms with Gasteiger partial charge in [-0.1, -0.05) is 6.42 Å². The number of H-pyrrole nitrogens is 1. The van der Waals surface area contributed by atoms with Crippen LogP contribution in [-0.2, 0) is 17.9 Å². The lowest BCUT2D eigenvalue weighted by molar-refractivity contribution is 0.128. The first kappa shape index (κ1) is 16.4. The van der Waals surface area contributed by atoms with Gasteiger partial charge in [0.05, 0.1) is 12.6 Å². The van der Waals surface area contributed by atoms with E-state index in [2.05, 4.69) is 34.8 Å². The van der Waals surface area contributed by atoms with Crippen LogP contribution in [0, 0.1) is 0 Å². The van der Waals surface area contributed by atoms with E-state index in [0.717, 1.165) is 37.0 Å². The first-order chi connectivity index (χ1) is 12.8. The number of hydrogen-bond acceptors (Lipinski definition) is 6. The normalized spacial score (nSPS) is 24.3. The van der Waals surface area contributed by atoms with Crippen molar-refractivity contribution in [2.24, 2.45) is 0 Å². The highest BCUT2D eigenvalue weighted by Crippen LogP contribution is 2.45. The van der Waals surface area contributed by atoms with Gasteiger partial charge in [0.15, 0.2) is 11.6 Å². The Balaban J connectivity index is 1.37. The second kappa shape index (κ2) is 6.74. The molecule has 8 heteroatoms. The number of piperidine rings is 1. The SMILES string of the molecule is COCc1nc([C@H]2CCCCN2Cc2nnc(C3CC3)n2C2CC2)n[nH]1. The topological polar surface area (TPSA) is 84.8 Å². The lowest BCUT2D eigenvalue weighted by Gasteiger charge is -2.33. The largest absolute Gasteiger partial charge is 0.377 e. The molecule has 26 heavy (non-hydrogen) atoms. The van der Waals surface area contributed by atoms with Gasteiger partial charge in [0.2, 0.25) is 0 Å². The van der Waals surface area contributed by atoms with Crippen molar-refractivity contribution in [3.63, 3.8) is 0 Å². The van der Waals surface area contributed by atoms with Crippen molar-refractivity contribution in [3.8, 4) is 0 Å². The van der Waals surface area contributed by atoms with Gasteiger partial charge in [0.25, 0.3) is 0 Å². The smallest absolute Gasteiger partial charge is 0.167 e. The first-order valence-corrected chi connectivity index (χ1v) is 9.91. The summed E-state index contributed by atoms with van der Waals surface area (Å²) in [6.07, 6.45) is 8.63. The monoisotopic (exact) mass is 357 g/mol. The molecule has 0 bridgehead atoms. The molecule has 1 N–H and O–H groups in total. The van der Waals surface area contributed by atoms with Gasteiger partial charge in [0.1, 0.15) is 18.3 Å². The number of rotatable bonds is 7. The molecule has 3 aliphatic rings. The number of ether oxygens (including phenoxy) is 1. The van der Waals surface area contributed by atoms with E-state index in [4.69, 9.17) is 4.74 Å². The van der Waals surface area contributed by atoms with Crippen LogP contribution in [0.1, 0.15) is 86.2 Å². The average Bonchev–Trinajstić information content (AvgIpc) is 3.59. The molecule has 0 unspecified atom stereocenters. The summed E-state index contributed by atoms with van der Waals surface area (Å²) < 4.78 is 7.62. The number of aromatic nitrogens is 6. The Bertz CT molecular complexity index is 761. The molecule has 0 amide bonds. The van der Waals surface area contributed by atoms with E-state index >= 15 is 0 Å². The maximum Gasteiger partial charge on any atom is 0.167 e. The minimum absolute atomic E-state index is 0.249. The fourth-order valence-corrected chi connectivity index (χ4v) is 4.11. The van der Waals surface area contributed by atoms with Gasteiger partial charge in [0, 0.05) is 19.1 Å². The van der Waals surface area contributed by atoms with Gasteiger partial charge >= 0.3 is 0 Å². The zero-order valence-electron chi connectivity index (χ0n) is 15.4. The number of aromatic amines is 1. The quantitative estimate of drug-likeness (QED) is 0.819. The molecule has 140 valence electrons. The summed E-state index contributed by atoms with van der Waals surface area (Å²) in [7, 11) is 1.68. The predicted octanol–water partition coefficient (Wildman–Crippen LogP) is 2.48. The van der Waals surface area contributed by atoms with Gasteiger partial charge in [-0.15, -0.1) is 10.2 Å². The second-order valence-electron chi connectivity index (χ2n) is 7.91. The molecule has 2 aliphatic carbocycles. The fourth-order valence-electron chi connectivity index (χ4n) is 4.11. The minimum atomic E-state index is 0.249.